The quantitative estimate of drug-likeness (QED) is 0.700. The van der Waals surface area contributed by atoms with E-state index in [0.29, 0.717) is 38.8 Å². The number of piperazine rings is 2. The highest BCUT2D eigenvalue weighted by Crippen LogP contribution is 2.28. The van der Waals surface area contributed by atoms with Crippen LogP contribution in [0.1, 0.15) is 12.8 Å². The Bertz CT molecular complexity index is 441. The average molecular weight is 317 g/mol. The van der Waals surface area contributed by atoms with Crippen LogP contribution in [0.4, 0.5) is 0 Å². The van der Waals surface area contributed by atoms with Crippen LogP contribution in [0.2, 0.25) is 0 Å². The summed E-state index contributed by atoms with van der Waals surface area (Å²) in [5, 5.41) is 2.97. The Morgan fingerprint density at radius 2 is 1.90 bits per heavy atom. The van der Waals surface area contributed by atoms with E-state index in [9.17, 15) is 14.4 Å². The third kappa shape index (κ3) is 3.65. The number of carbonyl (C=O) groups is 3. The Morgan fingerprint density at radius 1 is 1.14 bits per heavy atom. The number of nitrogens with one attached hydrogen (secondary N) is 1. The van der Waals surface area contributed by atoms with Gasteiger partial charge in [-0.25, -0.2) is 0 Å². The van der Waals surface area contributed by atoms with Crippen molar-refractivity contribution in [3.8, 4) is 0 Å². The molecule has 118 valence electrons. The van der Waals surface area contributed by atoms with E-state index in [4.69, 9.17) is 0 Å². The summed E-state index contributed by atoms with van der Waals surface area (Å²) in [5.74, 6) is -0.129. The van der Waals surface area contributed by atoms with E-state index in [2.05, 4.69) is 5.32 Å². The van der Waals surface area contributed by atoms with Crippen molar-refractivity contribution in [3.63, 3.8) is 0 Å². The molecule has 2 saturated heterocycles. The Labute approximate surface area is 130 Å². The fraction of sp³-hybridized carbons (Fsp3) is 0.769. The molecule has 3 fully saturated rings. The van der Waals surface area contributed by atoms with E-state index in [1.54, 1.807) is 9.80 Å². The molecule has 0 aromatic carbocycles. The second kappa shape index (κ2) is 6.62. The van der Waals surface area contributed by atoms with Gasteiger partial charge in [0.1, 0.15) is 0 Å². The summed E-state index contributed by atoms with van der Waals surface area (Å²) in [6, 6.07) is 0.412. The number of nitrogens with zero attached hydrogens (tertiary/aromatic N) is 3. The first-order valence-electron chi connectivity index (χ1n) is 7.21. The molecule has 0 bridgehead atoms. The molecule has 1 N–H and O–H groups in total. The highest BCUT2D eigenvalue weighted by atomic mass is 35.5. The fourth-order valence-corrected chi connectivity index (χ4v) is 2.75. The van der Waals surface area contributed by atoms with Gasteiger partial charge in [0.15, 0.2) is 0 Å². The summed E-state index contributed by atoms with van der Waals surface area (Å²) >= 11 is 0. The summed E-state index contributed by atoms with van der Waals surface area (Å²) < 4.78 is 0. The van der Waals surface area contributed by atoms with Gasteiger partial charge in [0, 0.05) is 32.2 Å². The van der Waals surface area contributed by atoms with Gasteiger partial charge in [-0.15, -0.1) is 12.4 Å². The molecule has 2 aliphatic heterocycles. The molecule has 2 heterocycles. The highest BCUT2D eigenvalue weighted by molar-refractivity contribution is 5.90. The monoisotopic (exact) mass is 316 g/mol. The van der Waals surface area contributed by atoms with E-state index in [-0.39, 0.29) is 43.2 Å². The third-order valence-electron chi connectivity index (χ3n) is 4.11. The van der Waals surface area contributed by atoms with E-state index in [0.717, 1.165) is 12.8 Å². The smallest absolute Gasteiger partial charge is 0.242 e. The topological polar surface area (TPSA) is 73.0 Å². The summed E-state index contributed by atoms with van der Waals surface area (Å²) in [6.45, 7) is 3.04. The lowest BCUT2D eigenvalue weighted by Gasteiger charge is -2.36. The maximum absolute atomic E-state index is 12.2. The minimum atomic E-state index is -0.121. The van der Waals surface area contributed by atoms with Crippen LogP contribution >= 0.6 is 12.4 Å². The van der Waals surface area contributed by atoms with Crippen LogP contribution in [0.5, 0.6) is 0 Å². The van der Waals surface area contributed by atoms with Crippen molar-refractivity contribution in [3.05, 3.63) is 0 Å². The SMILES string of the molecule is Cl.O=C1CNCCN1CC(=O)N1CCN(C2CC2)C(=O)C1. The van der Waals surface area contributed by atoms with Gasteiger partial charge in [0.25, 0.3) is 0 Å². The molecule has 1 saturated carbocycles. The van der Waals surface area contributed by atoms with Gasteiger partial charge in [-0.2, -0.15) is 0 Å². The number of carbonyl (C=O) groups excluding carboxylic acids is 3. The Hall–Kier alpha value is -1.34. The molecule has 0 aromatic rings. The normalized spacial score (nSPS) is 23.1. The summed E-state index contributed by atoms with van der Waals surface area (Å²) in [4.78, 5) is 40.9. The predicted molar refractivity (Wildman–Crippen MR) is 78.0 cm³/mol. The van der Waals surface area contributed by atoms with Gasteiger partial charge in [0.05, 0.1) is 19.6 Å². The van der Waals surface area contributed by atoms with Crippen LogP contribution in [-0.2, 0) is 14.4 Å². The van der Waals surface area contributed by atoms with Crippen molar-refractivity contribution in [2.75, 3.05) is 45.8 Å². The number of rotatable bonds is 3. The number of hydrogen-bond acceptors (Lipinski definition) is 4. The zero-order valence-corrected chi connectivity index (χ0v) is 12.7. The highest BCUT2D eigenvalue weighted by Gasteiger charge is 2.37. The molecule has 0 unspecified atom stereocenters. The van der Waals surface area contributed by atoms with Crippen molar-refractivity contribution < 1.29 is 14.4 Å². The molecule has 0 atom stereocenters. The Morgan fingerprint density at radius 3 is 2.52 bits per heavy atom. The van der Waals surface area contributed by atoms with Crippen molar-refractivity contribution >= 4 is 30.1 Å². The Balaban J connectivity index is 0.00000161. The van der Waals surface area contributed by atoms with Crippen LogP contribution in [-0.4, -0.2) is 84.3 Å². The lowest BCUT2D eigenvalue weighted by Crippen LogP contribution is -2.56. The largest absolute Gasteiger partial charge is 0.336 e. The van der Waals surface area contributed by atoms with Gasteiger partial charge < -0.3 is 20.0 Å². The first-order chi connectivity index (χ1) is 9.65. The zero-order chi connectivity index (χ0) is 14.1. The van der Waals surface area contributed by atoms with Crippen LogP contribution in [0.3, 0.4) is 0 Å². The van der Waals surface area contributed by atoms with Gasteiger partial charge in [-0.3, -0.25) is 14.4 Å². The Kier molecular flexibility index (Phi) is 5.05. The van der Waals surface area contributed by atoms with Crippen LogP contribution in [0, 0.1) is 0 Å². The lowest BCUT2D eigenvalue weighted by molar-refractivity contribution is -0.148. The predicted octanol–water partition coefficient (Wildman–Crippen LogP) is -1.33. The maximum Gasteiger partial charge on any atom is 0.242 e. The van der Waals surface area contributed by atoms with Crippen LogP contribution in [0.25, 0.3) is 0 Å². The van der Waals surface area contributed by atoms with Gasteiger partial charge in [0.2, 0.25) is 17.7 Å². The van der Waals surface area contributed by atoms with Gasteiger partial charge >= 0.3 is 0 Å². The molecule has 8 heteroatoms. The number of halogens is 1. The first-order valence-corrected chi connectivity index (χ1v) is 7.21. The number of hydrogen-bond donors (Lipinski definition) is 1. The van der Waals surface area contributed by atoms with Gasteiger partial charge in [-0.05, 0) is 12.8 Å². The van der Waals surface area contributed by atoms with Crippen LogP contribution in [0.15, 0.2) is 0 Å². The standard InChI is InChI=1S/C13H20N4O3.ClH/c18-11-7-14-3-4-15(11)8-12(19)16-5-6-17(10-1-2-10)13(20)9-16;/h10,14H,1-9H2;1H. The molecule has 3 rings (SSSR count). The first kappa shape index (κ1) is 16.0. The minimum Gasteiger partial charge on any atom is -0.336 e. The second-order valence-electron chi connectivity index (χ2n) is 5.63. The molecule has 7 nitrogen and oxygen atoms in total. The molecule has 1 aliphatic carbocycles. The summed E-state index contributed by atoms with van der Waals surface area (Å²) in [5.41, 5.74) is 0. The maximum atomic E-state index is 12.2. The molecular weight excluding hydrogens is 296 g/mol. The van der Waals surface area contributed by atoms with E-state index in [1.807, 2.05) is 4.90 Å². The summed E-state index contributed by atoms with van der Waals surface area (Å²) in [7, 11) is 0. The van der Waals surface area contributed by atoms with Crippen molar-refractivity contribution in [1.82, 2.24) is 20.0 Å². The van der Waals surface area contributed by atoms with E-state index in [1.165, 1.54) is 0 Å². The number of amides is 3. The molecule has 0 aromatic heterocycles. The molecule has 0 spiro atoms. The minimum absolute atomic E-state index is 0. The zero-order valence-electron chi connectivity index (χ0n) is 11.9. The average Bonchev–Trinajstić information content (AvgIpc) is 3.25. The van der Waals surface area contributed by atoms with Crippen molar-refractivity contribution in [2.45, 2.75) is 18.9 Å². The molecule has 3 amide bonds. The summed E-state index contributed by atoms with van der Waals surface area (Å²) in [6.07, 6.45) is 2.18. The fourth-order valence-electron chi connectivity index (χ4n) is 2.75. The second-order valence-corrected chi connectivity index (χ2v) is 5.63. The molecule has 0 radical (unpaired) electrons. The van der Waals surface area contributed by atoms with Crippen molar-refractivity contribution in [2.24, 2.45) is 0 Å². The van der Waals surface area contributed by atoms with Crippen molar-refractivity contribution in [1.29, 1.82) is 0 Å². The van der Waals surface area contributed by atoms with E-state index >= 15 is 0 Å². The lowest BCUT2D eigenvalue weighted by atomic mass is 10.2. The third-order valence-corrected chi connectivity index (χ3v) is 4.11. The molecule has 3 aliphatic rings. The van der Waals surface area contributed by atoms with Crippen LogP contribution < -0.4 is 5.32 Å². The van der Waals surface area contributed by atoms with E-state index < -0.39 is 0 Å². The molecule has 21 heavy (non-hydrogen) atoms. The molecular formula is C13H21ClN4O3. The van der Waals surface area contributed by atoms with Gasteiger partial charge in [-0.1, -0.05) is 0 Å².